The lowest BCUT2D eigenvalue weighted by Gasteiger charge is -2.46. The topological polar surface area (TPSA) is 31.4 Å². The van der Waals surface area contributed by atoms with Gasteiger partial charge < -0.3 is 29.1 Å². The van der Waals surface area contributed by atoms with Crippen LogP contribution < -0.4 is 78.2 Å². The number of hydrogen-bond donors (Lipinski definition) is 0. The second-order valence-corrected chi connectivity index (χ2v) is 21.5. The van der Waals surface area contributed by atoms with Crippen LogP contribution in [0.25, 0.3) is 0 Å². The molecule has 9 heteroatoms. The van der Waals surface area contributed by atoms with Gasteiger partial charge in [-0.2, -0.15) is 0 Å². The van der Waals surface area contributed by atoms with E-state index in [1.807, 2.05) is 0 Å². The average Bonchev–Trinajstić information content (AvgIpc) is 3.68. The van der Waals surface area contributed by atoms with Gasteiger partial charge in [-0.15, -0.1) is 0 Å². The Morgan fingerprint density at radius 3 is 1.26 bits per heavy atom. The molecule has 81 heavy (non-hydrogen) atoms. The smallest absolute Gasteiger partial charge is 0.260 e. The Balaban J connectivity index is 0.953. The minimum absolute atomic E-state index is 0.126. The molecule has 6 nitrogen and oxygen atoms in total. The fraction of sp³-hybridized carbons (Fsp3) is 0. The number of anilines is 12. The molecule has 12 aromatic carbocycles. The Morgan fingerprint density at radius 2 is 0.691 bits per heavy atom. The van der Waals surface area contributed by atoms with Gasteiger partial charge in [0.25, 0.3) is 20.1 Å². The van der Waals surface area contributed by atoms with E-state index in [0.717, 1.165) is 113 Å². The van der Waals surface area contributed by atoms with Crippen LogP contribution in [0.4, 0.5) is 68.2 Å². The molecule has 0 fully saturated rings. The Labute approximate surface area is 472 Å². The number of hydrogen-bond acceptors (Lipinski definition) is 6. The minimum atomic E-state index is -0.212. The molecule has 0 saturated heterocycles. The lowest BCUT2D eigenvalue weighted by molar-refractivity contribution is 0.467. The molecule has 5 aliphatic heterocycles. The van der Waals surface area contributed by atoms with Crippen molar-refractivity contribution in [1.29, 1.82) is 0 Å². The zero-order chi connectivity index (χ0) is 53.1. The summed E-state index contributed by atoms with van der Waals surface area (Å²) >= 11 is 0. The maximum Gasteiger partial charge on any atom is 0.260 e. The SMILES string of the molecule is c1ccc(B2c3ccccc3N(c3ccccc3)c3cc4c5c(c32)Oc2ccccc2B5c2cc3c(cc2O4)N(c2ccccc2)c2cc(N(c4ccccc4)c4ccccc4)cc4c2B3c2ccccc2N4c2ccccc2)cc1. The first-order valence-electron chi connectivity index (χ1n) is 27.9. The van der Waals surface area contributed by atoms with Gasteiger partial charge in [0.05, 0.1) is 5.69 Å². The molecule has 0 atom stereocenters. The summed E-state index contributed by atoms with van der Waals surface area (Å²) < 4.78 is 15.1. The second-order valence-electron chi connectivity index (χ2n) is 21.5. The van der Waals surface area contributed by atoms with Crippen LogP contribution in [0.5, 0.6) is 23.0 Å². The van der Waals surface area contributed by atoms with Gasteiger partial charge >= 0.3 is 0 Å². The Bertz CT molecular complexity index is 4420. The van der Waals surface area contributed by atoms with Gasteiger partial charge in [0, 0.05) is 80.2 Å². The first-order valence-corrected chi connectivity index (χ1v) is 27.9. The molecule has 0 N–H and O–H groups in total. The summed E-state index contributed by atoms with van der Waals surface area (Å²) in [6.45, 7) is -0.490. The summed E-state index contributed by atoms with van der Waals surface area (Å²) in [6.07, 6.45) is 0. The van der Waals surface area contributed by atoms with Gasteiger partial charge in [0.1, 0.15) is 23.0 Å². The highest BCUT2D eigenvalue weighted by atomic mass is 16.5. The van der Waals surface area contributed by atoms with E-state index >= 15 is 0 Å². The van der Waals surface area contributed by atoms with Crippen LogP contribution in [0.3, 0.4) is 0 Å². The van der Waals surface area contributed by atoms with Gasteiger partial charge in [0.2, 0.25) is 0 Å². The summed E-state index contributed by atoms with van der Waals surface area (Å²) in [5.41, 5.74) is 23.5. The highest BCUT2D eigenvalue weighted by molar-refractivity contribution is 7.03. The fourth-order valence-electron chi connectivity index (χ4n) is 13.9. The third-order valence-corrected chi connectivity index (χ3v) is 17.1. The zero-order valence-corrected chi connectivity index (χ0v) is 44.0. The molecular weight excluding hydrogens is 985 g/mol. The van der Waals surface area contributed by atoms with E-state index in [1.54, 1.807) is 0 Å². The Kier molecular flexibility index (Phi) is 10.2. The van der Waals surface area contributed by atoms with Crippen LogP contribution in [-0.4, -0.2) is 20.1 Å². The van der Waals surface area contributed by atoms with Crippen LogP contribution in [0, 0.1) is 0 Å². The van der Waals surface area contributed by atoms with E-state index in [9.17, 15) is 0 Å². The molecule has 5 aliphatic rings. The number of rotatable bonds is 7. The van der Waals surface area contributed by atoms with Gasteiger partial charge in [0.15, 0.2) is 0 Å². The third-order valence-electron chi connectivity index (χ3n) is 17.1. The number of benzene rings is 12. The van der Waals surface area contributed by atoms with E-state index in [2.05, 4.69) is 305 Å². The van der Waals surface area contributed by atoms with Crippen molar-refractivity contribution in [2.75, 3.05) is 19.6 Å². The molecule has 0 amide bonds. The number of fused-ring (bicyclic) bond motifs is 11. The Hall–Kier alpha value is -10.4. The summed E-state index contributed by atoms with van der Waals surface area (Å²) in [6, 6.07) is 103. The van der Waals surface area contributed by atoms with Crippen molar-refractivity contribution >= 4 is 138 Å². The van der Waals surface area contributed by atoms with E-state index in [-0.39, 0.29) is 20.1 Å². The molecule has 0 radical (unpaired) electrons. The maximum atomic E-state index is 7.64. The molecule has 376 valence electrons. The number of nitrogens with zero attached hydrogens (tertiary/aromatic N) is 4. The van der Waals surface area contributed by atoms with Crippen LogP contribution in [0.1, 0.15) is 0 Å². The summed E-state index contributed by atoms with van der Waals surface area (Å²) in [7, 11) is 0. The lowest BCUT2D eigenvalue weighted by atomic mass is 9.29. The Morgan fingerprint density at radius 1 is 0.259 bits per heavy atom. The largest absolute Gasteiger partial charge is 0.459 e. The first kappa shape index (κ1) is 45.6. The molecule has 0 spiro atoms. The van der Waals surface area contributed by atoms with Crippen LogP contribution in [0.2, 0.25) is 0 Å². The predicted octanol–water partition coefficient (Wildman–Crippen LogP) is 12.3. The second kappa shape index (κ2) is 18.1. The van der Waals surface area contributed by atoms with Crippen LogP contribution in [-0.2, 0) is 0 Å². The van der Waals surface area contributed by atoms with E-state index in [4.69, 9.17) is 9.47 Å². The average molecular weight is 1030 g/mol. The van der Waals surface area contributed by atoms with Gasteiger partial charge in [-0.05, 0) is 129 Å². The highest BCUT2D eigenvalue weighted by Gasteiger charge is 2.50. The summed E-state index contributed by atoms with van der Waals surface area (Å²) in [5, 5.41) is 0. The van der Waals surface area contributed by atoms with Crippen molar-refractivity contribution in [3.8, 4) is 23.0 Å². The van der Waals surface area contributed by atoms with E-state index in [0.29, 0.717) is 0 Å². The number of para-hydroxylation sites is 8. The predicted molar refractivity (Wildman–Crippen MR) is 339 cm³/mol. The standard InChI is InChI=1S/C72H47B3N4O2/c1-7-25-48(26-8-1)73-55-37-19-22-40-60(55)78(52-33-15-5-16-34-52)65-47-68-71-72(70(65)73)81-66-42-24-21-39-57(66)75(71)59-45-58-62(46-67(59)80-68)79(53-35-17-6-18-36-53)64-44-54(76(49-27-9-2-10-28-49)50-29-11-3-12-30-50)43-63-69(64)74(58)56-38-20-23-41-61(56)77(63)51-31-13-4-14-32-51/h1-47H. The van der Waals surface area contributed by atoms with E-state index in [1.165, 1.54) is 27.3 Å². The molecule has 0 aliphatic carbocycles. The molecule has 0 aromatic heterocycles. The molecule has 5 heterocycles. The monoisotopic (exact) mass is 1030 g/mol. The molecule has 17 rings (SSSR count). The normalized spacial score (nSPS) is 13.5. The number of ether oxygens (including phenoxy) is 2. The van der Waals surface area contributed by atoms with Crippen molar-refractivity contribution in [2.45, 2.75) is 0 Å². The first-order chi connectivity index (χ1) is 40.2. The van der Waals surface area contributed by atoms with Crippen LogP contribution in [0.15, 0.2) is 285 Å². The summed E-state index contributed by atoms with van der Waals surface area (Å²) in [5.74, 6) is 3.32. The van der Waals surface area contributed by atoms with E-state index < -0.39 is 0 Å². The van der Waals surface area contributed by atoms with Gasteiger partial charge in [-0.1, -0.05) is 187 Å². The maximum absolute atomic E-state index is 7.64. The molecular formula is C72H47B3N4O2. The third kappa shape index (κ3) is 6.91. The van der Waals surface area contributed by atoms with Gasteiger partial charge in [-0.25, -0.2) is 0 Å². The van der Waals surface area contributed by atoms with Crippen molar-refractivity contribution in [2.24, 2.45) is 0 Å². The molecule has 0 bridgehead atoms. The highest BCUT2D eigenvalue weighted by Crippen LogP contribution is 2.50. The zero-order valence-electron chi connectivity index (χ0n) is 44.0. The van der Waals surface area contributed by atoms with Crippen molar-refractivity contribution in [3.63, 3.8) is 0 Å². The van der Waals surface area contributed by atoms with Crippen LogP contribution >= 0.6 is 0 Å². The van der Waals surface area contributed by atoms with Gasteiger partial charge in [-0.3, -0.25) is 0 Å². The fourth-order valence-corrected chi connectivity index (χ4v) is 13.9. The van der Waals surface area contributed by atoms with Crippen molar-refractivity contribution < 1.29 is 9.47 Å². The molecule has 12 aromatic rings. The van der Waals surface area contributed by atoms with Crippen molar-refractivity contribution in [3.05, 3.63) is 285 Å². The summed E-state index contributed by atoms with van der Waals surface area (Å²) in [4.78, 5) is 9.77. The molecule has 0 unspecified atom stereocenters. The molecule has 0 saturated carbocycles. The van der Waals surface area contributed by atoms with Crippen molar-refractivity contribution in [1.82, 2.24) is 0 Å². The lowest BCUT2D eigenvalue weighted by Crippen LogP contribution is -2.65. The quantitative estimate of drug-likeness (QED) is 0.148. The minimum Gasteiger partial charge on any atom is -0.459 e.